The lowest BCUT2D eigenvalue weighted by atomic mass is 9.88. The Labute approximate surface area is 154 Å². The molecule has 26 heavy (non-hydrogen) atoms. The van der Waals surface area contributed by atoms with Gasteiger partial charge in [-0.15, -0.1) is 0 Å². The number of ketones is 1. The highest BCUT2D eigenvalue weighted by molar-refractivity contribution is 6.07. The Bertz CT molecular complexity index is 810. The van der Waals surface area contributed by atoms with Gasteiger partial charge in [-0.05, 0) is 25.0 Å². The Morgan fingerprint density at radius 1 is 1.31 bits per heavy atom. The third-order valence-corrected chi connectivity index (χ3v) is 5.04. The first-order valence-corrected chi connectivity index (χ1v) is 9.23. The zero-order chi connectivity index (χ0) is 19.5. The molecule has 0 aliphatic rings. The van der Waals surface area contributed by atoms with Gasteiger partial charge in [0.1, 0.15) is 17.0 Å². The van der Waals surface area contributed by atoms with Crippen LogP contribution in [-0.2, 0) is 10.3 Å². The summed E-state index contributed by atoms with van der Waals surface area (Å²) in [5, 5.41) is 5.34. The van der Waals surface area contributed by atoms with Gasteiger partial charge in [-0.1, -0.05) is 40.5 Å². The molecule has 6 heteroatoms. The summed E-state index contributed by atoms with van der Waals surface area (Å²) in [5.41, 5.74) is 5.97. The maximum absolute atomic E-state index is 12.7. The molecule has 2 aromatic rings. The van der Waals surface area contributed by atoms with Crippen LogP contribution in [0.2, 0.25) is 0 Å². The summed E-state index contributed by atoms with van der Waals surface area (Å²) in [6.07, 6.45) is 2.87. The monoisotopic (exact) mass is 359 g/mol. The molecule has 1 heterocycles. The predicted octanol–water partition coefficient (Wildman–Crippen LogP) is 3.66. The SMILES string of the molecule is CCCCC(CC)(C(N)=O)n1nc(C(=O)C(C)C)c2ccc(OC)cc21. The molecule has 2 rings (SSSR count). The number of nitrogens with zero attached hydrogens (tertiary/aromatic N) is 2. The second kappa shape index (κ2) is 7.89. The molecular weight excluding hydrogens is 330 g/mol. The first-order chi connectivity index (χ1) is 12.3. The van der Waals surface area contributed by atoms with E-state index in [1.807, 2.05) is 32.9 Å². The van der Waals surface area contributed by atoms with Crippen molar-refractivity contribution in [2.75, 3.05) is 7.11 Å². The number of unbranched alkanes of at least 4 members (excludes halogenated alkanes) is 1. The van der Waals surface area contributed by atoms with Crippen molar-refractivity contribution in [1.82, 2.24) is 9.78 Å². The van der Waals surface area contributed by atoms with Crippen LogP contribution in [-0.4, -0.2) is 28.6 Å². The fourth-order valence-electron chi connectivity index (χ4n) is 3.31. The maximum Gasteiger partial charge on any atom is 0.245 e. The molecule has 1 amide bonds. The van der Waals surface area contributed by atoms with E-state index in [2.05, 4.69) is 12.0 Å². The number of hydrogen-bond donors (Lipinski definition) is 1. The van der Waals surface area contributed by atoms with E-state index < -0.39 is 11.4 Å². The van der Waals surface area contributed by atoms with Crippen LogP contribution < -0.4 is 10.5 Å². The molecule has 142 valence electrons. The highest BCUT2D eigenvalue weighted by Crippen LogP contribution is 2.34. The van der Waals surface area contributed by atoms with Crippen molar-refractivity contribution < 1.29 is 14.3 Å². The van der Waals surface area contributed by atoms with Gasteiger partial charge >= 0.3 is 0 Å². The third kappa shape index (κ3) is 3.32. The van der Waals surface area contributed by atoms with Crippen LogP contribution in [0.25, 0.3) is 10.9 Å². The summed E-state index contributed by atoms with van der Waals surface area (Å²) < 4.78 is 7.01. The number of carbonyl (C=O) groups excluding carboxylic acids is 2. The molecule has 0 spiro atoms. The Morgan fingerprint density at radius 2 is 2.00 bits per heavy atom. The fraction of sp³-hybridized carbons (Fsp3) is 0.550. The summed E-state index contributed by atoms with van der Waals surface area (Å²) in [6.45, 7) is 7.68. The minimum absolute atomic E-state index is 0.0520. The number of nitrogens with two attached hydrogens (primary N) is 1. The van der Waals surface area contributed by atoms with Crippen LogP contribution in [0, 0.1) is 5.92 Å². The number of benzene rings is 1. The molecule has 0 fully saturated rings. The van der Waals surface area contributed by atoms with E-state index in [4.69, 9.17) is 10.5 Å². The number of rotatable bonds is 9. The largest absolute Gasteiger partial charge is 0.497 e. The Kier molecular flexibility index (Phi) is 6.05. The van der Waals surface area contributed by atoms with Gasteiger partial charge in [0, 0.05) is 17.4 Å². The first kappa shape index (κ1) is 19.9. The molecule has 1 atom stereocenters. The summed E-state index contributed by atoms with van der Waals surface area (Å²) in [4.78, 5) is 25.2. The number of carbonyl (C=O) groups is 2. The minimum Gasteiger partial charge on any atom is -0.497 e. The summed E-state index contributed by atoms with van der Waals surface area (Å²) in [5.74, 6) is -0.0239. The van der Waals surface area contributed by atoms with Crippen LogP contribution in [0.1, 0.15) is 63.9 Å². The van der Waals surface area contributed by atoms with Gasteiger partial charge in [-0.2, -0.15) is 5.10 Å². The lowest BCUT2D eigenvalue weighted by molar-refractivity contribution is -0.127. The lowest BCUT2D eigenvalue weighted by Gasteiger charge is -2.30. The van der Waals surface area contributed by atoms with E-state index in [-0.39, 0.29) is 11.7 Å². The second-order valence-electron chi connectivity index (χ2n) is 7.02. The summed E-state index contributed by atoms with van der Waals surface area (Å²) in [6, 6.07) is 5.45. The zero-order valence-electron chi connectivity index (χ0n) is 16.3. The van der Waals surface area contributed by atoms with Gasteiger partial charge in [0.25, 0.3) is 0 Å². The molecule has 1 aromatic heterocycles. The molecule has 0 saturated heterocycles. The number of ether oxygens (including phenoxy) is 1. The van der Waals surface area contributed by atoms with E-state index in [1.165, 1.54) is 0 Å². The van der Waals surface area contributed by atoms with Crippen molar-refractivity contribution in [1.29, 1.82) is 0 Å². The van der Waals surface area contributed by atoms with Crippen LogP contribution in [0.3, 0.4) is 0 Å². The minimum atomic E-state index is -0.962. The number of methoxy groups -OCH3 is 1. The average molecular weight is 359 g/mol. The van der Waals surface area contributed by atoms with Gasteiger partial charge in [-0.25, -0.2) is 4.68 Å². The van der Waals surface area contributed by atoms with E-state index in [0.29, 0.717) is 29.8 Å². The highest BCUT2D eigenvalue weighted by atomic mass is 16.5. The molecule has 1 unspecified atom stereocenters. The second-order valence-corrected chi connectivity index (χ2v) is 7.02. The molecule has 0 saturated carbocycles. The zero-order valence-corrected chi connectivity index (χ0v) is 16.3. The Morgan fingerprint density at radius 3 is 2.50 bits per heavy atom. The van der Waals surface area contributed by atoms with Gasteiger partial charge in [0.15, 0.2) is 5.78 Å². The van der Waals surface area contributed by atoms with Gasteiger partial charge in [0.2, 0.25) is 5.91 Å². The molecule has 0 radical (unpaired) electrons. The molecule has 1 aromatic carbocycles. The topological polar surface area (TPSA) is 87.2 Å². The fourth-order valence-corrected chi connectivity index (χ4v) is 3.31. The Balaban J connectivity index is 2.82. The number of amides is 1. The molecule has 6 nitrogen and oxygen atoms in total. The lowest BCUT2D eigenvalue weighted by Crippen LogP contribution is -2.46. The van der Waals surface area contributed by atoms with Crippen molar-refractivity contribution in [3.8, 4) is 5.75 Å². The number of aromatic nitrogens is 2. The van der Waals surface area contributed by atoms with Crippen molar-refractivity contribution in [3.63, 3.8) is 0 Å². The Hall–Kier alpha value is -2.37. The van der Waals surface area contributed by atoms with Gasteiger partial charge < -0.3 is 10.5 Å². The van der Waals surface area contributed by atoms with Crippen molar-refractivity contribution >= 4 is 22.6 Å². The first-order valence-electron chi connectivity index (χ1n) is 9.23. The number of Topliss-reactive ketones (excluding diaryl/α,β-unsaturated/α-hetero) is 1. The van der Waals surface area contributed by atoms with E-state index >= 15 is 0 Å². The quantitative estimate of drug-likeness (QED) is 0.692. The average Bonchev–Trinajstić information content (AvgIpc) is 3.00. The smallest absolute Gasteiger partial charge is 0.245 e. The van der Waals surface area contributed by atoms with Crippen molar-refractivity contribution in [2.45, 2.75) is 58.9 Å². The van der Waals surface area contributed by atoms with Crippen LogP contribution in [0.15, 0.2) is 18.2 Å². The predicted molar refractivity (Wildman–Crippen MR) is 102 cm³/mol. The van der Waals surface area contributed by atoms with Crippen LogP contribution >= 0.6 is 0 Å². The van der Waals surface area contributed by atoms with Crippen LogP contribution in [0.4, 0.5) is 0 Å². The normalized spacial score (nSPS) is 13.8. The summed E-state index contributed by atoms with van der Waals surface area (Å²) >= 11 is 0. The standard InChI is InChI=1S/C20H29N3O3/c1-6-8-11-20(7-2,19(21)25)23-16-12-14(26-5)9-10-15(16)17(22-23)18(24)13(3)4/h9-10,12-13H,6-8,11H2,1-5H3,(H2,21,25). The van der Waals surface area contributed by atoms with E-state index in [1.54, 1.807) is 17.9 Å². The van der Waals surface area contributed by atoms with Gasteiger partial charge in [0.05, 0.1) is 12.6 Å². The molecule has 2 N–H and O–H groups in total. The van der Waals surface area contributed by atoms with Crippen molar-refractivity contribution in [3.05, 3.63) is 23.9 Å². The number of hydrogen-bond acceptors (Lipinski definition) is 4. The summed E-state index contributed by atoms with van der Waals surface area (Å²) in [7, 11) is 1.58. The van der Waals surface area contributed by atoms with Crippen LogP contribution in [0.5, 0.6) is 5.75 Å². The van der Waals surface area contributed by atoms with E-state index in [9.17, 15) is 9.59 Å². The number of fused-ring (bicyclic) bond motifs is 1. The molecular formula is C20H29N3O3. The maximum atomic E-state index is 12.7. The number of primary amides is 1. The third-order valence-electron chi connectivity index (χ3n) is 5.04. The van der Waals surface area contributed by atoms with Gasteiger partial charge in [-0.3, -0.25) is 9.59 Å². The van der Waals surface area contributed by atoms with Crippen molar-refractivity contribution in [2.24, 2.45) is 11.7 Å². The molecule has 0 aliphatic heterocycles. The molecule has 0 aliphatic carbocycles. The molecule has 0 bridgehead atoms. The highest BCUT2D eigenvalue weighted by Gasteiger charge is 2.39. The van der Waals surface area contributed by atoms with E-state index in [0.717, 1.165) is 18.2 Å².